The van der Waals surface area contributed by atoms with Crippen LogP contribution in [0.15, 0.2) is 12.7 Å². The number of rotatable bonds is 5. The van der Waals surface area contributed by atoms with Crippen LogP contribution in [-0.4, -0.2) is 42.5 Å². The van der Waals surface area contributed by atoms with Crippen LogP contribution in [0.1, 0.15) is 98.4 Å². The van der Waals surface area contributed by atoms with Crippen molar-refractivity contribution in [1.29, 1.82) is 0 Å². The highest BCUT2D eigenvalue weighted by molar-refractivity contribution is 5.95. The van der Waals surface area contributed by atoms with E-state index in [-0.39, 0.29) is 23.8 Å². The SMILES string of the molecule is O=C(NC1C2CC3CC(C2)CC1C3)c1nn(C2CCCCC2)c2c1CC(C(=O)Nn1cnnc1)CC2. The first-order valence-electron chi connectivity index (χ1n) is 14.2. The second-order valence-corrected chi connectivity index (χ2v) is 12.2. The molecule has 2 aromatic heterocycles. The molecule has 2 aromatic rings. The Morgan fingerprint density at radius 1 is 0.889 bits per heavy atom. The van der Waals surface area contributed by atoms with Gasteiger partial charge in [0, 0.05) is 23.2 Å². The second-order valence-electron chi connectivity index (χ2n) is 12.2. The van der Waals surface area contributed by atoms with Gasteiger partial charge in [-0.2, -0.15) is 5.10 Å². The number of carbonyl (C=O) groups excluding carboxylic acids is 2. The number of hydrogen-bond acceptors (Lipinski definition) is 5. The molecule has 2 amide bonds. The Morgan fingerprint density at radius 2 is 1.58 bits per heavy atom. The van der Waals surface area contributed by atoms with Gasteiger partial charge in [-0.15, -0.1) is 10.2 Å². The van der Waals surface area contributed by atoms with Crippen molar-refractivity contribution in [2.75, 3.05) is 5.43 Å². The number of amides is 2. The van der Waals surface area contributed by atoms with E-state index in [1.165, 1.54) is 74.4 Å². The molecule has 0 saturated heterocycles. The first-order valence-corrected chi connectivity index (χ1v) is 14.2. The van der Waals surface area contributed by atoms with Crippen LogP contribution in [0.3, 0.4) is 0 Å². The van der Waals surface area contributed by atoms with Crippen LogP contribution >= 0.6 is 0 Å². The molecule has 192 valence electrons. The molecule has 6 aliphatic rings. The van der Waals surface area contributed by atoms with E-state index in [4.69, 9.17) is 5.10 Å². The Hall–Kier alpha value is -2.71. The zero-order valence-corrected chi connectivity index (χ0v) is 20.9. The van der Waals surface area contributed by atoms with Crippen molar-refractivity contribution in [2.24, 2.45) is 29.6 Å². The summed E-state index contributed by atoms with van der Waals surface area (Å²) >= 11 is 0. The van der Waals surface area contributed by atoms with Crippen LogP contribution in [0.2, 0.25) is 0 Å². The number of aromatic nitrogens is 5. The summed E-state index contributed by atoms with van der Waals surface area (Å²) in [6.45, 7) is 0. The Kier molecular flexibility index (Phi) is 5.62. The second kappa shape index (κ2) is 8.99. The summed E-state index contributed by atoms with van der Waals surface area (Å²) in [5, 5.41) is 16.0. The topological polar surface area (TPSA) is 107 Å². The van der Waals surface area contributed by atoms with E-state index in [0.717, 1.165) is 43.1 Å². The van der Waals surface area contributed by atoms with Gasteiger partial charge in [-0.3, -0.25) is 19.7 Å². The van der Waals surface area contributed by atoms with Gasteiger partial charge in [0.2, 0.25) is 5.91 Å². The van der Waals surface area contributed by atoms with E-state index in [1.54, 1.807) is 0 Å². The summed E-state index contributed by atoms with van der Waals surface area (Å²) in [7, 11) is 0. The first kappa shape index (κ1) is 22.5. The maximum atomic E-state index is 13.8. The predicted molar refractivity (Wildman–Crippen MR) is 133 cm³/mol. The van der Waals surface area contributed by atoms with Crippen molar-refractivity contribution in [1.82, 2.24) is 30.0 Å². The summed E-state index contributed by atoms with van der Waals surface area (Å²) in [6, 6.07) is 0.662. The average Bonchev–Trinajstić information content (AvgIpc) is 3.54. The molecule has 2 N–H and O–H groups in total. The minimum Gasteiger partial charge on any atom is -0.347 e. The van der Waals surface area contributed by atoms with Gasteiger partial charge in [-0.1, -0.05) is 19.3 Å². The Morgan fingerprint density at radius 3 is 2.28 bits per heavy atom. The van der Waals surface area contributed by atoms with Gasteiger partial charge < -0.3 is 5.32 Å². The molecule has 0 aliphatic heterocycles. The van der Waals surface area contributed by atoms with Crippen LogP contribution in [-0.2, 0) is 17.6 Å². The third-order valence-corrected chi connectivity index (χ3v) is 9.99. The van der Waals surface area contributed by atoms with E-state index in [9.17, 15) is 9.59 Å². The molecule has 0 radical (unpaired) electrons. The van der Waals surface area contributed by atoms with E-state index in [2.05, 4.69) is 25.6 Å². The van der Waals surface area contributed by atoms with Gasteiger partial charge in [-0.05, 0) is 87.9 Å². The molecule has 4 bridgehead atoms. The summed E-state index contributed by atoms with van der Waals surface area (Å²) in [4.78, 5) is 26.9. The lowest BCUT2D eigenvalue weighted by Gasteiger charge is -2.54. The van der Waals surface area contributed by atoms with Crippen molar-refractivity contribution in [3.05, 3.63) is 29.6 Å². The van der Waals surface area contributed by atoms with Crippen LogP contribution in [0.4, 0.5) is 0 Å². The fourth-order valence-corrected chi connectivity index (χ4v) is 8.53. The number of nitrogens with zero attached hydrogens (tertiary/aromatic N) is 5. The molecule has 0 spiro atoms. The monoisotopic (exact) mass is 491 g/mol. The zero-order chi connectivity index (χ0) is 24.2. The van der Waals surface area contributed by atoms with Gasteiger partial charge in [0.1, 0.15) is 12.7 Å². The molecule has 9 heteroatoms. The van der Waals surface area contributed by atoms with E-state index in [0.29, 0.717) is 30.0 Å². The van der Waals surface area contributed by atoms with Crippen molar-refractivity contribution < 1.29 is 9.59 Å². The number of nitrogens with one attached hydrogen (secondary N) is 2. The maximum absolute atomic E-state index is 13.8. The van der Waals surface area contributed by atoms with E-state index >= 15 is 0 Å². The standard InChI is InChI=1S/C27H37N7O2/c35-26(32-33-14-28-29-15-33)18-6-7-23-22(13-18)25(31-34(23)21-4-2-1-3-5-21)27(36)30-24-19-9-16-8-17(11-19)12-20(24)10-16/h14-21,24H,1-13H2,(H,30,36)(H,32,35). The fraction of sp³-hybridized carbons (Fsp3) is 0.741. The molecule has 0 aromatic carbocycles. The van der Waals surface area contributed by atoms with Gasteiger partial charge in [-0.25, -0.2) is 4.68 Å². The zero-order valence-electron chi connectivity index (χ0n) is 20.9. The normalized spacial score (nSPS) is 33.3. The van der Waals surface area contributed by atoms with Crippen molar-refractivity contribution in [3.63, 3.8) is 0 Å². The summed E-state index contributed by atoms with van der Waals surface area (Å²) in [5.74, 6) is 2.74. The van der Waals surface area contributed by atoms with Gasteiger partial charge >= 0.3 is 0 Å². The van der Waals surface area contributed by atoms with Crippen molar-refractivity contribution in [2.45, 2.75) is 95.6 Å². The van der Waals surface area contributed by atoms with Crippen LogP contribution in [0, 0.1) is 29.6 Å². The Bertz CT molecular complexity index is 1110. The molecule has 1 atom stereocenters. The van der Waals surface area contributed by atoms with Gasteiger partial charge in [0.25, 0.3) is 5.91 Å². The summed E-state index contributed by atoms with van der Waals surface area (Å²) in [6.07, 6.45) is 17.6. The molecular weight excluding hydrogens is 454 g/mol. The van der Waals surface area contributed by atoms with Crippen molar-refractivity contribution >= 4 is 11.8 Å². The van der Waals surface area contributed by atoms with Crippen molar-refractivity contribution in [3.8, 4) is 0 Å². The summed E-state index contributed by atoms with van der Waals surface area (Å²) in [5.41, 5.74) is 5.63. The van der Waals surface area contributed by atoms with Crippen LogP contribution in [0.25, 0.3) is 0 Å². The number of fused-ring (bicyclic) bond motifs is 1. The smallest absolute Gasteiger partial charge is 0.272 e. The molecule has 2 heterocycles. The summed E-state index contributed by atoms with van der Waals surface area (Å²) < 4.78 is 3.68. The van der Waals surface area contributed by atoms with Crippen LogP contribution in [0.5, 0.6) is 0 Å². The minimum atomic E-state index is -0.198. The van der Waals surface area contributed by atoms with E-state index < -0.39 is 0 Å². The highest BCUT2D eigenvalue weighted by Crippen LogP contribution is 2.53. The minimum absolute atomic E-state index is 0.0156. The lowest BCUT2D eigenvalue weighted by atomic mass is 9.54. The molecule has 1 unspecified atom stereocenters. The quantitative estimate of drug-likeness (QED) is 0.667. The molecule has 36 heavy (non-hydrogen) atoms. The number of carbonyl (C=O) groups is 2. The predicted octanol–water partition coefficient (Wildman–Crippen LogP) is 3.41. The molecule has 8 rings (SSSR count). The molecular formula is C27H37N7O2. The highest BCUT2D eigenvalue weighted by atomic mass is 16.2. The lowest BCUT2D eigenvalue weighted by molar-refractivity contribution is -0.121. The molecule has 9 nitrogen and oxygen atoms in total. The third kappa shape index (κ3) is 3.95. The van der Waals surface area contributed by atoms with E-state index in [1.807, 2.05) is 0 Å². The van der Waals surface area contributed by atoms with Gasteiger partial charge in [0.05, 0.1) is 6.04 Å². The fourth-order valence-electron chi connectivity index (χ4n) is 8.53. The highest BCUT2D eigenvalue weighted by Gasteiger charge is 2.49. The first-order chi connectivity index (χ1) is 17.6. The van der Waals surface area contributed by atoms with Gasteiger partial charge in [0.15, 0.2) is 5.69 Å². The number of hydrogen-bond donors (Lipinski definition) is 2. The molecule has 5 saturated carbocycles. The maximum Gasteiger partial charge on any atom is 0.272 e. The average molecular weight is 492 g/mol. The Balaban J connectivity index is 1.15. The lowest BCUT2D eigenvalue weighted by Crippen LogP contribution is -2.56. The third-order valence-electron chi connectivity index (χ3n) is 9.99. The van der Waals surface area contributed by atoms with Crippen LogP contribution < -0.4 is 10.7 Å². The molecule has 6 aliphatic carbocycles. The molecule has 5 fully saturated rings. The largest absolute Gasteiger partial charge is 0.347 e. The Labute approximate surface area is 211 Å².